The highest BCUT2D eigenvalue weighted by molar-refractivity contribution is 5.79. The van der Waals surface area contributed by atoms with E-state index in [0.29, 0.717) is 0 Å². The van der Waals surface area contributed by atoms with E-state index in [4.69, 9.17) is 5.11 Å². The van der Waals surface area contributed by atoms with Gasteiger partial charge in [0.25, 0.3) is 0 Å². The van der Waals surface area contributed by atoms with Crippen LogP contribution in [0.3, 0.4) is 0 Å². The molecule has 1 amide bonds. The van der Waals surface area contributed by atoms with Gasteiger partial charge in [0.15, 0.2) is 0 Å². The molecule has 1 rings (SSSR count). The van der Waals surface area contributed by atoms with Crippen LogP contribution in [-0.2, 0) is 22.4 Å². The molecule has 0 atom stereocenters. The Balaban J connectivity index is 2.58. The molecule has 4 nitrogen and oxygen atoms in total. The van der Waals surface area contributed by atoms with Gasteiger partial charge < -0.3 is 10.4 Å². The Kier molecular flexibility index (Phi) is 5.79. The first-order valence-electron chi connectivity index (χ1n) is 6.18. The van der Waals surface area contributed by atoms with Gasteiger partial charge in [-0.15, -0.1) is 0 Å². The second kappa shape index (κ2) is 7.36. The molecule has 0 unspecified atom stereocenters. The lowest BCUT2D eigenvalue weighted by molar-refractivity contribution is -0.136. The van der Waals surface area contributed by atoms with E-state index in [1.165, 1.54) is 0 Å². The topological polar surface area (TPSA) is 66.4 Å². The summed E-state index contributed by atoms with van der Waals surface area (Å²) in [7, 11) is 0. The van der Waals surface area contributed by atoms with E-state index in [1.54, 1.807) is 0 Å². The van der Waals surface area contributed by atoms with Gasteiger partial charge in [-0.2, -0.15) is 0 Å². The summed E-state index contributed by atoms with van der Waals surface area (Å²) in [5.74, 6) is -1.07. The zero-order chi connectivity index (χ0) is 14.3. The molecule has 0 aliphatic heterocycles. The summed E-state index contributed by atoms with van der Waals surface area (Å²) in [6, 6.07) is 7.72. The van der Waals surface area contributed by atoms with Crippen molar-refractivity contribution in [3.05, 3.63) is 47.5 Å². The lowest BCUT2D eigenvalue weighted by atomic mass is 9.99. The molecule has 0 aliphatic rings. The molecule has 0 fully saturated rings. The fourth-order valence-electron chi connectivity index (χ4n) is 1.77. The van der Waals surface area contributed by atoms with E-state index < -0.39 is 5.97 Å². The fraction of sp³-hybridized carbons (Fsp3) is 0.333. The standard InChI is InChI=1S/C15H19NO3/c1-11(2)9-12-5-3-4-6-13(12)10-14(17)16-8-7-15(18)19/h3-6H,1,7-10H2,2H3,(H,16,17)(H,18,19). The summed E-state index contributed by atoms with van der Waals surface area (Å²) >= 11 is 0. The summed E-state index contributed by atoms with van der Waals surface area (Å²) in [5, 5.41) is 11.1. The Labute approximate surface area is 113 Å². The lowest BCUT2D eigenvalue weighted by Gasteiger charge is -2.09. The highest BCUT2D eigenvalue weighted by atomic mass is 16.4. The Morgan fingerprint density at radius 3 is 2.32 bits per heavy atom. The predicted octanol–water partition coefficient (Wildman–Crippen LogP) is 1.94. The van der Waals surface area contributed by atoms with Gasteiger partial charge in [-0.05, 0) is 24.5 Å². The van der Waals surface area contributed by atoms with Crippen LogP contribution in [0.15, 0.2) is 36.4 Å². The van der Waals surface area contributed by atoms with E-state index in [2.05, 4.69) is 11.9 Å². The zero-order valence-electron chi connectivity index (χ0n) is 11.1. The molecule has 0 heterocycles. The third-order valence-corrected chi connectivity index (χ3v) is 2.62. The Hall–Kier alpha value is -2.10. The second-order valence-electron chi connectivity index (χ2n) is 4.57. The van der Waals surface area contributed by atoms with Crippen LogP contribution >= 0.6 is 0 Å². The third kappa shape index (κ3) is 5.86. The zero-order valence-corrected chi connectivity index (χ0v) is 11.1. The van der Waals surface area contributed by atoms with Gasteiger partial charge in [0.2, 0.25) is 5.91 Å². The average molecular weight is 261 g/mol. The molecule has 0 aromatic heterocycles. The molecule has 19 heavy (non-hydrogen) atoms. The van der Waals surface area contributed by atoms with Crippen LogP contribution in [0, 0.1) is 0 Å². The van der Waals surface area contributed by atoms with Crippen LogP contribution in [-0.4, -0.2) is 23.5 Å². The number of carboxylic acids is 1. The van der Waals surface area contributed by atoms with E-state index >= 15 is 0 Å². The summed E-state index contributed by atoms with van der Waals surface area (Å²) in [6.45, 7) is 5.99. The largest absolute Gasteiger partial charge is 0.481 e. The molecule has 1 aromatic carbocycles. The maximum Gasteiger partial charge on any atom is 0.305 e. The molecule has 0 aliphatic carbocycles. The summed E-state index contributed by atoms with van der Waals surface area (Å²) < 4.78 is 0. The van der Waals surface area contributed by atoms with Crippen LogP contribution in [0.25, 0.3) is 0 Å². The van der Waals surface area contributed by atoms with Crippen LogP contribution in [0.5, 0.6) is 0 Å². The van der Waals surface area contributed by atoms with Crippen molar-refractivity contribution in [1.82, 2.24) is 5.32 Å². The SMILES string of the molecule is C=C(C)Cc1ccccc1CC(=O)NCCC(=O)O. The first-order chi connectivity index (χ1) is 8.99. The average Bonchev–Trinajstić information content (AvgIpc) is 2.30. The summed E-state index contributed by atoms with van der Waals surface area (Å²) in [4.78, 5) is 22.1. The Bertz CT molecular complexity index is 480. The number of amides is 1. The van der Waals surface area contributed by atoms with Crippen molar-refractivity contribution in [2.45, 2.75) is 26.2 Å². The number of allylic oxidation sites excluding steroid dienone is 1. The van der Waals surface area contributed by atoms with Gasteiger partial charge in [0.1, 0.15) is 0 Å². The van der Waals surface area contributed by atoms with Gasteiger partial charge in [-0.3, -0.25) is 9.59 Å². The maximum absolute atomic E-state index is 11.7. The lowest BCUT2D eigenvalue weighted by Crippen LogP contribution is -2.27. The first-order valence-corrected chi connectivity index (χ1v) is 6.18. The quantitative estimate of drug-likeness (QED) is 0.737. The molecule has 2 N–H and O–H groups in total. The molecule has 0 spiro atoms. The van der Waals surface area contributed by atoms with Crippen LogP contribution in [0.2, 0.25) is 0 Å². The third-order valence-electron chi connectivity index (χ3n) is 2.62. The molecular weight excluding hydrogens is 242 g/mol. The van der Waals surface area contributed by atoms with Crippen molar-refractivity contribution < 1.29 is 14.7 Å². The van der Waals surface area contributed by atoms with E-state index in [0.717, 1.165) is 23.1 Å². The minimum atomic E-state index is -0.914. The second-order valence-corrected chi connectivity index (χ2v) is 4.57. The van der Waals surface area contributed by atoms with Crippen molar-refractivity contribution in [3.8, 4) is 0 Å². The molecule has 1 aromatic rings. The van der Waals surface area contributed by atoms with Gasteiger partial charge >= 0.3 is 5.97 Å². The number of benzene rings is 1. The van der Waals surface area contributed by atoms with Gasteiger partial charge in [0, 0.05) is 6.54 Å². The van der Waals surface area contributed by atoms with Gasteiger partial charge in [-0.1, -0.05) is 36.4 Å². The molecule has 4 heteroatoms. The summed E-state index contributed by atoms with van der Waals surface area (Å²) in [6.07, 6.45) is 0.959. The molecule has 0 saturated carbocycles. The van der Waals surface area contributed by atoms with Gasteiger partial charge in [0.05, 0.1) is 12.8 Å². The molecule has 0 saturated heterocycles. The summed E-state index contributed by atoms with van der Waals surface area (Å²) in [5.41, 5.74) is 3.08. The Morgan fingerprint density at radius 1 is 1.21 bits per heavy atom. The smallest absolute Gasteiger partial charge is 0.305 e. The van der Waals surface area contributed by atoms with Crippen molar-refractivity contribution in [1.29, 1.82) is 0 Å². The van der Waals surface area contributed by atoms with Gasteiger partial charge in [-0.25, -0.2) is 0 Å². The van der Waals surface area contributed by atoms with E-state index in [-0.39, 0.29) is 25.3 Å². The van der Waals surface area contributed by atoms with Crippen LogP contribution in [0.1, 0.15) is 24.5 Å². The fourth-order valence-corrected chi connectivity index (χ4v) is 1.77. The number of hydrogen-bond acceptors (Lipinski definition) is 2. The van der Waals surface area contributed by atoms with Crippen molar-refractivity contribution in [3.63, 3.8) is 0 Å². The Morgan fingerprint density at radius 2 is 1.79 bits per heavy atom. The number of nitrogens with one attached hydrogen (secondary N) is 1. The molecular formula is C15H19NO3. The van der Waals surface area contributed by atoms with Crippen molar-refractivity contribution >= 4 is 11.9 Å². The van der Waals surface area contributed by atoms with E-state index in [9.17, 15) is 9.59 Å². The molecule has 0 radical (unpaired) electrons. The number of carbonyl (C=O) groups excluding carboxylic acids is 1. The van der Waals surface area contributed by atoms with Crippen LogP contribution < -0.4 is 5.32 Å². The number of rotatable bonds is 7. The van der Waals surface area contributed by atoms with Crippen molar-refractivity contribution in [2.24, 2.45) is 0 Å². The minimum Gasteiger partial charge on any atom is -0.481 e. The van der Waals surface area contributed by atoms with E-state index in [1.807, 2.05) is 31.2 Å². The highest BCUT2D eigenvalue weighted by Crippen LogP contribution is 2.13. The normalized spacial score (nSPS) is 9.95. The number of carboxylic acid groups (broad SMARTS) is 1. The number of hydrogen-bond donors (Lipinski definition) is 2. The van der Waals surface area contributed by atoms with Crippen LogP contribution in [0.4, 0.5) is 0 Å². The number of aliphatic carboxylic acids is 1. The molecule has 0 bridgehead atoms. The van der Waals surface area contributed by atoms with Crippen molar-refractivity contribution in [2.75, 3.05) is 6.54 Å². The monoisotopic (exact) mass is 261 g/mol. The predicted molar refractivity (Wildman–Crippen MR) is 73.9 cm³/mol. The number of carbonyl (C=O) groups is 2. The maximum atomic E-state index is 11.7. The highest BCUT2D eigenvalue weighted by Gasteiger charge is 2.08. The first kappa shape index (κ1) is 15.0. The molecule has 102 valence electrons. The minimum absolute atomic E-state index is 0.0564.